The van der Waals surface area contributed by atoms with Gasteiger partial charge >= 0.3 is 0 Å². The van der Waals surface area contributed by atoms with Crippen molar-refractivity contribution in [1.29, 1.82) is 0 Å². The minimum Gasteiger partial charge on any atom is -0.342 e. The minimum atomic E-state index is 0.639. The van der Waals surface area contributed by atoms with Crippen LogP contribution in [0.5, 0.6) is 0 Å². The van der Waals surface area contributed by atoms with Crippen molar-refractivity contribution in [1.82, 2.24) is 9.97 Å². The van der Waals surface area contributed by atoms with Crippen LogP contribution in [0.1, 0.15) is 76.0 Å². The van der Waals surface area contributed by atoms with Gasteiger partial charge in [0.05, 0.1) is 11.0 Å². The third kappa shape index (κ3) is 3.41. The van der Waals surface area contributed by atoms with Crippen molar-refractivity contribution >= 4 is 11.0 Å². The lowest BCUT2D eigenvalue weighted by molar-refractivity contribution is 0.498. The fourth-order valence-electron chi connectivity index (χ4n) is 3.43. The maximum absolute atomic E-state index is 4.83. The summed E-state index contributed by atoms with van der Waals surface area (Å²) >= 11 is 0. The summed E-state index contributed by atoms with van der Waals surface area (Å²) in [5, 5.41) is 0. The Morgan fingerprint density at radius 3 is 2.05 bits per heavy atom. The molecule has 1 aliphatic rings. The van der Waals surface area contributed by atoms with Crippen LogP contribution in [-0.4, -0.2) is 9.97 Å². The average Bonchev–Trinajstić information content (AvgIpc) is 2.87. The molecule has 0 aliphatic heterocycles. The molecule has 0 radical (unpaired) electrons. The number of hydrogen-bond acceptors (Lipinski definition) is 1. The number of fused-ring (bicyclic) bond motifs is 1. The Bertz CT molecular complexity index is 484. The first-order valence-electron chi connectivity index (χ1n) is 8.38. The summed E-state index contributed by atoms with van der Waals surface area (Å²) in [4.78, 5) is 8.38. The van der Waals surface area contributed by atoms with Gasteiger partial charge in [-0.1, -0.05) is 63.5 Å². The van der Waals surface area contributed by atoms with Gasteiger partial charge < -0.3 is 4.98 Å². The number of para-hydroxylation sites is 2. The first kappa shape index (κ1) is 13.7. The van der Waals surface area contributed by atoms with E-state index >= 15 is 0 Å². The predicted molar refractivity (Wildman–Crippen MR) is 85.0 cm³/mol. The lowest BCUT2D eigenvalue weighted by Gasteiger charge is -2.13. The van der Waals surface area contributed by atoms with E-state index in [1.54, 1.807) is 0 Å². The van der Waals surface area contributed by atoms with Gasteiger partial charge in [-0.2, -0.15) is 0 Å². The van der Waals surface area contributed by atoms with Crippen LogP contribution >= 0.6 is 0 Å². The SMILES string of the molecule is c1ccc2[nH]c(C3CCCCCCCCCC3)nc2c1. The topological polar surface area (TPSA) is 28.7 Å². The van der Waals surface area contributed by atoms with Crippen LogP contribution < -0.4 is 0 Å². The highest BCUT2D eigenvalue weighted by Crippen LogP contribution is 2.29. The maximum Gasteiger partial charge on any atom is 0.110 e. The van der Waals surface area contributed by atoms with Crippen molar-refractivity contribution in [3.8, 4) is 0 Å². The zero-order valence-corrected chi connectivity index (χ0v) is 12.4. The highest BCUT2D eigenvalue weighted by atomic mass is 14.9. The van der Waals surface area contributed by atoms with Gasteiger partial charge in [0.15, 0.2) is 0 Å². The standard InChI is InChI=1S/C18H26N2/c1-2-4-6-8-12-15(11-7-5-3-1)18-19-16-13-9-10-14-17(16)20-18/h9-10,13-15H,1-8,11-12H2,(H,19,20). The highest BCUT2D eigenvalue weighted by Gasteiger charge is 2.15. The van der Waals surface area contributed by atoms with E-state index in [2.05, 4.69) is 29.2 Å². The van der Waals surface area contributed by atoms with Gasteiger partial charge in [0, 0.05) is 5.92 Å². The van der Waals surface area contributed by atoms with Gasteiger partial charge in [0.1, 0.15) is 5.82 Å². The Balaban J connectivity index is 1.73. The van der Waals surface area contributed by atoms with Crippen molar-refractivity contribution in [3.63, 3.8) is 0 Å². The van der Waals surface area contributed by atoms with Crippen LogP contribution in [0.3, 0.4) is 0 Å². The zero-order valence-electron chi connectivity index (χ0n) is 12.4. The molecule has 3 rings (SSSR count). The first-order chi connectivity index (χ1) is 9.93. The van der Waals surface area contributed by atoms with Crippen LogP contribution in [-0.2, 0) is 0 Å². The molecule has 1 aliphatic carbocycles. The molecular weight excluding hydrogens is 244 g/mol. The molecule has 20 heavy (non-hydrogen) atoms. The summed E-state index contributed by atoms with van der Waals surface area (Å²) in [6.45, 7) is 0. The molecule has 0 bridgehead atoms. The van der Waals surface area contributed by atoms with Gasteiger partial charge in [-0.25, -0.2) is 4.98 Å². The normalized spacial score (nSPS) is 19.8. The second-order valence-corrected chi connectivity index (χ2v) is 6.24. The van der Waals surface area contributed by atoms with Gasteiger partial charge in [-0.15, -0.1) is 0 Å². The van der Waals surface area contributed by atoms with E-state index in [0.29, 0.717) is 5.92 Å². The molecule has 1 aromatic heterocycles. The molecule has 108 valence electrons. The van der Waals surface area contributed by atoms with Crippen molar-refractivity contribution in [2.45, 2.75) is 70.1 Å². The smallest absolute Gasteiger partial charge is 0.110 e. The van der Waals surface area contributed by atoms with E-state index in [-0.39, 0.29) is 0 Å². The lowest BCUT2D eigenvalue weighted by atomic mass is 9.95. The number of rotatable bonds is 1. The van der Waals surface area contributed by atoms with E-state index in [1.165, 1.54) is 75.5 Å². The molecule has 2 nitrogen and oxygen atoms in total. The molecule has 1 fully saturated rings. The summed E-state index contributed by atoms with van der Waals surface area (Å²) in [6, 6.07) is 8.41. The van der Waals surface area contributed by atoms with Crippen molar-refractivity contribution in [2.24, 2.45) is 0 Å². The Labute approximate surface area is 122 Å². The van der Waals surface area contributed by atoms with Crippen molar-refractivity contribution in [2.75, 3.05) is 0 Å². The molecule has 0 amide bonds. The molecule has 0 spiro atoms. The number of hydrogen-bond donors (Lipinski definition) is 1. The second kappa shape index (κ2) is 6.92. The van der Waals surface area contributed by atoms with Crippen LogP contribution in [0.4, 0.5) is 0 Å². The first-order valence-corrected chi connectivity index (χ1v) is 8.38. The Morgan fingerprint density at radius 1 is 0.800 bits per heavy atom. The molecule has 1 saturated carbocycles. The summed E-state index contributed by atoms with van der Waals surface area (Å²) in [7, 11) is 0. The fourth-order valence-corrected chi connectivity index (χ4v) is 3.43. The number of benzene rings is 1. The molecule has 2 aromatic rings. The van der Waals surface area contributed by atoms with Crippen LogP contribution in [0.25, 0.3) is 11.0 Å². The minimum absolute atomic E-state index is 0.639. The molecule has 2 heteroatoms. The van der Waals surface area contributed by atoms with Crippen LogP contribution in [0.2, 0.25) is 0 Å². The molecule has 0 unspecified atom stereocenters. The van der Waals surface area contributed by atoms with Gasteiger partial charge in [0.25, 0.3) is 0 Å². The quantitative estimate of drug-likeness (QED) is 0.722. The third-order valence-corrected chi connectivity index (χ3v) is 4.65. The number of aromatic nitrogens is 2. The summed E-state index contributed by atoms with van der Waals surface area (Å²) < 4.78 is 0. The third-order valence-electron chi connectivity index (χ3n) is 4.65. The number of nitrogens with one attached hydrogen (secondary N) is 1. The van der Waals surface area contributed by atoms with E-state index in [1.807, 2.05) is 0 Å². The van der Waals surface area contributed by atoms with Gasteiger partial charge in [-0.3, -0.25) is 0 Å². The van der Waals surface area contributed by atoms with Crippen molar-refractivity contribution in [3.05, 3.63) is 30.1 Å². The van der Waals surface area contributed by atoms with Crippen LogP contribution in [0, 0.1) is 0 Å². The van der Waals surface area contributed by atoms with E-state index in [9.17, 15) is 0 Å². The molecule has 1 N–H and O–H groups in total. The number of H-pyrrole nitrogens is 1. The number of aromatic amines is 1. The second-order valence-electron chi connectivity index (χ2n) is 6.24. The average molecular weight is 270 g/mol. The van der Waals surface area contributed by atoms with Crippen LogP contribution in [0.15, 0.2) is 24.3 Å². The van der Waals surface area contributed by atoms with Gasteiger partial charge in [0.2, 0.25) is 0 Å². The fraction of sp³-hybridized carbons (Fsp3) is 0.611. The van der Waals surface area contributed by atoms with Gasteiger partial charge in [-0.05, 0) is 25.0 Å². The maximum atomic E-state index is 4.83. The molecular formula is C18H26N2. The highest BCUT2D eigenvalue weighted by molar-refractivity contribution is 5.74. The largest absolute Gasteiger partial charge is 0.342 e. The number of nitrogens with zero attached hydrogens (tertiary/aromatic N) is 1. The molecule has 1 aromatic carbocycles. The van der Waals surface area contributed by atoms with E-state index in [0.717, 1.165) is 5.52 Å². The number of imidazole rings is 1. The Hall–Kier alpha value is -1.31. The predicted octanol–water partition coefficient (Wildman–Crippen LogP) is 5.56. The van der Waals surface area contributed by atoms with Crippen molar-refractivity contribution < 1.29 is 0 Å². The molecule has 0 saturated heterocycles. The zero-order chi connectivity index (χ0) is 13.6. The summed E-state index contributed by atoms with van der Waals surface area (Å²) in [5.41, 5.74) is 2.31. The summed E-state index contributed by atoms with van der Waals surface area (Å²) in [5.74, 6) is 1.87. The molecule has 1 heterocycles. The van der Waals surface area contributed by atoms with E-state index in [4.69, 9.17) is 4.98 Å². The Morgan fingerprint density at radius 2 is 1.40 bits per heavy atom. The van der Waals surface area contributed by atoms with E-state index < -0.39 is 0 Å². The Kier molecular flexibility index (Phi) is 4.73. The summed E-state index contributed by atoms with van der Waals surface area (Å²) in [6.07, 6.45) is 13.9. The lowest BCUT2D eigenvalue weighted by Crippen LogP contribution is -2.01. The molecule has 0 atom stereocenters. The monoisotopic (exact) mass is 270 g/mol.